The van der Waals surface area contributed by atoms with Gasteiger partial charge in [0.05, 0.1) is 6.10 Å². The fourth-order valence-electron chi connectivity index (χ4n) is 3.11. The second kappa shape index (κ2) is 5.28. The number of aliphatic hydroxyl groups is 1. The molecule has 2 fully saturated rings. The monoisotopic (exact) mass is 213 g/mol. The maximum absolute atomic E-state index is 9.25. The molecule has 3 nitrogen and oxygen atoms in total. The van der Waals surface area contributed by atoms with Crippen LogP contribution in [0.2, 0.25) is 0 Å². The summed E-state index contributed by atoms with van der Waals surface area (Å²) in [5, 5.41) is 9.25. The van der Waals surface area contributed by atoms with Crippen LogP contribution >= 0.6 is 0 Å². The molecule has 3 unspecified atom stereocenters. The average molecular weight is 213 g/mol. The highest BCUT2D eigenvalue weighted by Gasteiger charge is 2.33. The first-order valence-electron chi connectivity index (χ1n) is 6.23. The van der Waals surface area contributed by atoms with Crippen molar-refractivity contribution in [2.45, 2.75) is 44.2 Å². The second-order valence-corrected chi connectivity index (χ2v) is 4.93. The molecule has 2 rings (SSSR count). The van der Waals surface area contributed by atoms with Crippen LogP contribution in [0.1, 0.15) is 32.1 Å². The lowest BCUT2D eigenvalue weighted by atomic mass is 9.83. The van der Waals surface area contributed by atoms with Crippen molar-refractivity contribution < 1.29 is 9.84 Å². The van der Waals surface area contributed by atoms with Crippen LogP contribution in [0.5, 0.6) is 0 Å². The number of aliphatic hydroxyl groups excluding tert-OH is 1. The number of hydrogen-bond donors (Lipinski definition) is 1. The number of hydrogen-bond acceptors (Lipinski definition) is 3. The minimum Gasteiger partial charge on any atom is -0.396 e. The molecular formula is C12H23NO2. The van der Waals surface area contributed by atoms with E-state index in [1.807, 2.05) is 0 Å². The Bertz CT molecular complexity index is 192. The number of methoxy groups -OCH3 is 1. The summed E-state index contributed by atoms with van der Waals surface area (Å²) in [5.74, 6) is 0.369. The molecule has 88 valence electrons. The lowest BCUT2D eigenvalue weighted by Gasteiger charge is -2.38. The Morgan fingerprint density at radius 2 is 2.00 bits per heavy atom. The smallest absolute Gasteiger partial charge is 0.0636 e. The molecule has 0 bridgehead atoms. The highest BCUT2D eigenvalue weighted by molar-refractivity contribution is 4.87. The summed E-state index contributed by atoms with van der Waals surface area (Å²) >= 11 is 0. The van der Waals surface area contributed by atoms with Crippen LogP contribution in [-0.4, -0.2) is 49.0 Å². The van der Waals surface area contributed by atoms with Crippen molar-refractivity contribution in [3.05, 3.63) is 0 Å². The molecule has 1 N–H and O–H groups in total. The Balaban J connectivity index is 1.88. The van der Waals surface area contributed by atoms with E-state index in [9.17, 15) is 5.11 Å². The summed E-state index contributed by atoms with van der Waals surface area (Å²) < 4.78 is 5.50. The first-order chi connectivity index (χ1) is 7.35. The van der Waals surface area contributed by atoms with Gasteiger partial charge in [0.2, 0.25) is 0 Å². The first kappa shape index (κ1) is 11.4. The van der Waals surface area contributed by atoms with Crippen molar-refractivity contribution in [3.63, 3.8) is 0 Å². The van der Waals surface area contributed by atoms with Crippen molar-refractivity contribution in [1.82, 2.24) is 4.90 Å². The van der Waals surface area contributed by atoms with Gasteiger partial charge < -0.3 is 14.7 Å². The number of likely N-dealkylation sites (tertiary alicyclic amines) is 1. The topological polar surface area (TPSA) is 32.7 Å². The lowest BCUT2D eigenvalue weighted by molar-refractivity contribution is -0.0258. The van der Waals surface area contributed by atoms with Crippen LogP contribution in [-0.2, 0) is 4.74 Å². The zero-order chi connectivity index (χ0) is 10.7. The molecule has 1 heterocycles. The average Bonchev–Trinajstić information content (AvgIpc) is 2.81. The largest absolute Gasteiger partial charge is 0.396 e. The molecule has 2 aliphatic rings. The van der Waals surface area contributed by atoms with Gasteiger partial charge in [0.25, 0.3) is 0 Å². The van der Waals surface area contributed by atoms with Crippen LogP contribution in [0.15, 0.2) is 0 Å². The summed E-state index contributed by atoms with van der Waals surface area (Å²) in [7, 11) is 1.78. The van der Waals surface area contributed by atoms with Gasteiger partial charge in [-0.2, -0.15) is 0 Å². The number of nitrogens with zero attached hydrogens (tertiary/aromatic N) is 1. The highest BCUT2D eigenvalue weighted by atomic mass is 16.5. The van der Waals surface area contributed by atoms with Gasteiger partial charge in [-0.05, 0) is 45.2 Å². The van der Waals surface area contributed by atoms with E-state index < -0.39 is 0 Å². The van der Waals surface area contributed by atoms with Gasteiger partial charge in [-0.15, -0.1) is 0 Å². The summed E-state index contributed by atoms with van der Waals surface area (Å²) in [5.41, 5.74) is 0. The molecule has 1 aliphatic carbocycles. The molecule has 0 spiro atoms. The van der Waals surface area contributed by atoms with E-state index in [2.05, 4.69) is 4.90 Å². The molecule has 0 aromatic heterocycles. The Hall–Kier alpha value is -0.120. The fraction of sp³-hybridized carbons (Fsp3) is 1.00. The van der Waals surface area contributed by atoms with Crippen LogP contribution in [0.25, 0.3) is 0 Å². The molecule has 1 saturated heterocycles. The normalized spacial score (nSPS) is 38.4. The van der Waals surface area contributed by atoms with Gasteiger partial charge in [-0.25, -0.2) is 0 Å². The standard InChI is InChI=1S/C12H23NO2/c1-15-12-8-11(5-4-10(12)9-14)13-6-2-3-7-13/h10-12,14H,2-9H2,1H3. The van der Waals surface area contributed by atoms with E-state index in [0.717, 1.165) is 12.8 Å². The van der Waals surface area contributed by atoms with Gasteiger partial charge in [-0.3, -0.25) is 0 Å². The summed E-state index contributed by atoms with van der Waals surface area (Å²) in [6.45, 7) is 2.82. The minimum absolute atomic E-state index is 0.273. The molecule has 3 heteroatoms. The number of rotatable bonds is 3. The summed E-state index contributed by atoms with van der Waals surface area (Å²) in [4.78, 5) is 2.61. The molecule has 15 heavy (non-hydrogen) atoms. The summed E-state index contributed by atoms with van der Waals surface area (Å²) in [6, 6.07) is 0.709. The summed E-state index contributed by atoms with van der Waals surface area (Å²) in [6.07, 6.45) is 6.47. The molecule has 0 amide bonds. The predicted octanol–water partition coefficient (Wildman–Crippen LogP) is 1.26. The van der Waals surface area contributed by atoms with E-state index in [1.165, 1.54) is 32.4 Å². The number of ether oxygens (including phenoxy) is 1. The van der Waals surface area contributed by atoms with Crippen molar-refractivity contribution in [1.29, 1.82) is 0 Å². The zero-order valence-corrected chi connectivity index (χ0v) is 9.69. The van der Waals surface area contributed by atoms with E-state index >= 15 is 0 Å². The minimum atomic E-state index is 0.273. The third-order valence-corrected chi connectivity index (χ3v) is 4.10. The van der Waals surface area contributed by atoms with Gasteiger partial charge in [0, 0.05) is 25.7 Å². The van der Waals surface area contributed by atoms with Crippen molar-refractivity contribution in [2.75, 3.05) is 26.8 Å². The van der Waals surface area contributed by atoms with Crippen LogP contribution < -0.4 is 0 Å². The SMILES string of the molecule is COC1CC(N2CCCC2)CCC1CO. The third-order valence-electron chi connectivity index (χ3n) is 4.10. The van der Waals surface area contributed by atoms with Crippen LogP contribution in [0.3, 0.4) is 0 Å². The van der Waals surface area contributed by atoms with E-state index in [-0.39, 0.29) is 12.7 Å². The van der Waals surface area contributed by atoms with Gasteiger partial charge in [0.1, 0.15) is 0 Å². The Morgan fingerprint density at radius 1 is 1.27 bits per heavy atom. The van der Waals surface area contributed by atoms with Gasteiger partial charge in [-0.1, -0.05) is 0 Å². The molecule has 0 aromatic carbocycles. The molecule has 0 radical (unpaired) electrons. The van der Waals surface area contributed by atoms with Crippen LogP contribution in [0, 0.1) is 5.92 Å². The fourth-order valence-corrected chi connectivity index (χ4v) is 3.11. The van der Waals surface area contributed by atoms with E-state index in [4.69, 9.17) is 4.74 Å². The van der Waals surface area contributed by atoms with Gasteiger partial charge >= 0.3 is 0 Å². The zero-order valence-electron chi connectivity index (χ0n) is 9.69. The van der Waals surface area contributed by atoms with E-state index in [1.54, 1.807) is 7.11 Å². The Morgan fingerprint density at radius 3 is 2.60 bits per heavy atom. The first-order valence-corrected chi connectivity index (χ1v) is 6.23. The quantitative estimate of drug-likeness (QED) is 0.766. The maximum Gasteiger partial charge on any atom is 0.0636 e. The van der Waals surface area contributed by atoms with Crippen LogP contribution in [0.4, 0.5) is 0 Å². The Kier molecular flexibility index (Phi) is 4.00. The maximum atomic E-state index is 9.25. The van der Waals surface area contributed by atoms with E-state index in [0.29, 0.717) is 12.0 Å². The molecular weight excluding hydrogens is 190 g/mol. The highest BCUT2D eigenvalue weighted by Crippen LogP contribution is 2.31. The Labute approximate surface area is 92.4 Å². The molecule has 1 saturated carbocycles. The van der Waals surface area contributed by atoms with Crippen molar-refractivity contribution >= 4 is 0 Å². The van der Waals surface area contributed by atoms with Crippen molar-refractivity contribution in [2.24, 2.45) is 5.92 Å². The van der Waals surface area contributed by atoms with Crippen molar-refractivity contribution in [3.8, 4) is 0 Å². The molecule has 1 aliphatic heterocycles. The van der Waals surface area contributed by atoms with Gasteiger partial charge in [0.15, 0.2) is 0 Å². The third kappa shape index (κ3) is 2.52. The molecule has 3 atom stereocenters. The lowest BCUT2D eigenvalue weighted by Crippen LogP contribution is -2.43. The second-order valence-electron chi connectivity index (χ2n) is 4.93. The predicted molar refractivity (Wildman–Crippen MR) is 59.8 cm³/mol. The molecule has 0 aromatic rings.